The van der Waals surface area contributed by atoms with Gasteiger partial charge < -0.3 is 29.7 Å². The second-order valence-electron chi connectivity index (χ2n) is 16.5. The van der Waals surface area contributed by atoms with Crippen LogP contribution in [0.4, 0.5) is 4.79 Å². The molecule has 3 heterocycles. The summed E-state index contributed by atoms with van der Waals surface area (Å²) in [5.41, 5.74) is -0.451. The van der Waals surface area contributed by atoms with E-state index in [4.69, 9.17) is 24.2 Å². The minimum absolute atomic E-state index is 0. The number of rotatable bonds is 7. The number of ether oxygens (including phenoxy) is 3. The molecule has 0 spiro atoms. The molecule has 4 fully saturated rings. The van der Waals surface area contributed by atoms with Gasteiger partial charge in [-0.1, -0.05) is 39.7 Å². The maximum absolute atomic E-state index is 14.6. The van der Waals surface area contributed by atoms with Gasteiger partial charge in [0.05, 0.1) is 29.9 Å². The first-order chi connectivity index (χ1) is 25.6. The van der Waals surface area contributed by atoms with Crippen molar-refractivity contribution in [3.05, 3.63) is 36.5 Å². The largest absolute Gasteiger partial charge is 0.497 e. The summed E-state index contributed by atoms with van der Waals surface area (Å²) in [4.78, 5) is 66.8. The molecular weight excluding hydrogens is 756 g/mol. The quantitative estimate of drug-likeness (QED) is 0.275. The molecule has 3 saturated carbocycles. The van der Waals surface area contributed by atoms with E-state index in [1.165, 1.54) is 11.0 Å². The zero-order chi connectivity index (χ0) is 38.6. The molecule has 3 N–H and O–H groups in total. The number of methoxy groups -OCH3 is 1. The Morgan fingerprint density at radius 2 is 1.84 bits per heavy atom. The summed E-state index contributed by atoms with van der Waals surface area (Å²) >= 11 is 0. The molecule has 293 valence electrons. The molecule has 5 aliphatic rings. The fourth-order valence-electron chi connectivity index (χ4n) is 7.64. The van der Waals surface area contributed by atoms with Crippen LogP contribution in [-0.2, 0) is 35.6 Å². The van der Waals surface area contributed by atoms with Gasteiger partial charge in [-0.15, -0.1) is 6.58 Å². The number of alkyl carbamates (subject to hydrolysis) is 1. The number of carbonyl (C=O) groups is 4. The molecule has 3 aliphatic carbocycles. The van der Waals surface area contributed by atoms with Crippen molar-refractivity contribution in [2.45, 2.75) is 120 Å². The molecule has 1 aromatic carbocycles. The van der Waals surface area contributed by atoms with E-state index in [-0.39, 0.29) is 82.8 Å². The fourth-order valence-corrected chi connectivity index (χ4v) is 9.00. The molecule has 2 aromatic rings. The SMILES string of the molecule is C=C[C@@H]1C[C@]1(NC(=O)[C@@H]1C[C@@H]2CN1C(=O)[C@H](C(C)(C)C)NC(=O)O[C@@H]1C[C@H]1CCCCCc1nc3ccc(OC)cc3nc1O2)C(=O)NS(=O)(=O)C1CC1.[K]. The summed E-state index contributed by atoms with van der Waals surface area (Å²) in [6.07, 6.45) is 5.93. The molecule has 7 rings (SSSR count). The number of sulfonamides is 1. The molecule has 1 saturated heterocycles. The zero-order valence-electron chi connectivity index (χ0n) is 32.3. The number of hydrogen-bond donors (Lipinski definition) is 3. The van der Waals surface area contributed by atoms with Crippen molar-refractivity contribution >= 4 is 96.3 Å². The van der Waals surface area contributed by atoms with Gasteiger partial charge in [-0.3, -0.25) is 19.1 Å². The Morgan fingerprint density at radius 1 is 1.07 bits per heavy atom. The van der Waals surface area contributed by atoms with E-state index in [0.29, 0.717) is 47.6 Å². The number of amides is 4. The van der Waals surface area contributed by atoms with Crippen molar-refractivity contribution in [2.24, 2.45) is 17.3 Å². The van der Waals surface area contributed by atoms with Gasteiger partial charge in [0.2, 0.25) is 27.7 Å². The van der Waals surface area contributed by atoms with Gasteiger partial charge in [0.1, 0.15) is 41.3 Å². The topological polar surface area (TPSA) is 195 Å². The first kappa shape index (κ1) is 41.8. The monoisotopic (exact) mass is 805 g/mol. The molecule has 1 radical (unpaired) electrons. The predicted molar refractivity (Wildman–Crippen MR) is 203 cm³/mol. The first-order valence-electron chi connectivity index (χ1n) is 18.9. The fraction of sp³-hybridized carbons (Fsp3) is 0.632. The molecule has 4 amide bonds. The molecule has 1 aromatic heterocycles. The Bertz CT molecular complexity index is 1970. The van der Waals surface area contributed by atoms with Gasteiger partial charge in [-0.2, -0.15) is 0 Å². The standard InChI is InChI=1S/C38H50N6O9S.K/c1-6-22-19-38(22,35(47)43-54(49,50)25-13-14-25)42-32(45)29-18-24-20-44(29)34(46)31(37(2,3)4)41-36(48)53-30-16-21(30)10-8-7-9-11-27-33(52-24)40-28-17-23(51-5)12-15-26(28)39-27;/h6,12,15,17,21-22,24-25,29-31H,1,7-11,13-14,16,18-20H2,2-5H3,(H,41,48)(H,42,45)(H,43,47);/t21-,22-,24-,29+,30-,31-,38-;/m1./s1. The molecule has 2 bridgehead atoms. The summed E-state index contributed by atoms with van der Waals surface area (Å²) in [5.74, 6) is -1.39. The van der Waals surface area contributed by atoms with Gasteiger partial charge >= 0.3 is 6.09 Å². The zero-order valence-corrected chi connectivity index (χ0v) is 36.2. The van der Waals surface area contributed by atoms with E-state index in [2.05, 4.69) is 21.9 Å². The van der Waals surface area contributed by atoms with Crippen molar-refractivity contribution in [3.8, 4) is 11.6 Å². The van der Waals surface area contributed by atoms with Crippen LogP contribution in [0.5, 0.6) is 11.6 Å². The average Bonchev–Trinajstić information content (AvgIpc) is 4.04. The summed E-state index contributed by atoms with van der Waals surface area (Å²) in [6.45, 7) is 9.18. The number of aromatic nitrogens is 2. The van der Waals surface area contributed by atoms with Crippen LogP contribution in [0.3, 0.4) is 0 Å². The molecule has 7 atom stereocenters. The Morgan fingerprint density at radius 3 is 2.51 bits per heavy atom. The van der Waals surface area contributed by atoms with Crippen LogP contribution in [0.15, 0.2) is 30.9 Å². The third-order valence-corrected chi connectivity index (χ3v) is 13.1. The molecule has 0 unspecified atom stereocenters. The van der Waals surface area contributed by atoms with Crippen LogP contribution in [0.1, 0.15) is 84.3 Å². The molecule has 55 heavy (non-hydrogen) atoms. The van der Waals surface area contributed by atoms with Crippen molar-refractivity contribution in [3.63, 3.8) is 0 Å². The van der Waals surface area contributed by atoms with Crippen molar-refractivity contribution < 1.29 is 41.8 Å². The number of fused-ring (bicyclic) bond motifs is 5. The maximum atomic E-state index is 14.6. The number of benzene rings is 1. The Kier molecular flexibility index (Phi) is 12.3. The first-order valence-corrected chi connectivity index (χ1v) is 20.5. The van der Waals surface area contributed by atoms with E-state index < -0.39 is 74.1 Å². The van der Waals surface area contributed by atoms with Crippen LogP contribution >= 0.6 is 0 Å². The Balaban J connectivity index is 0.00000514. The normalized spacial score (nSPS) is 29.7. The number of carbonyl (C=O) groups excluding carboxylic acids is 4. The Labute approximate surface area is 364 Å². The molecule has 15 nitrogen and oxygen atoms in total. The molecular formula is C38H50KN6O9S. The number of aryl methyl sites for hydroxylation is 1. The van der Waals surface area contributed by atoms with Gasteiger partial charge in [0.25, 0.3) is 5.91 Å². The summed E-state index contributed by atoms with van der Waals surface area (Å²) < 4.78 is 45.3. The van der Waals surface area contributed by atoms with Gasteiger partial charge in [0, 0.05) is 69.8 Å². The third kappa shape index (κ3) is 9.17. The van der Waals surface area contributed by atoms with E-state index in [0.717, 1.165) is 32.1 Å². The van der Waals surface area contributed by atoms with Crippen molar-refractivity contribution in [2.75, 3.05) is 13.7 Å². The number of hydrogen-bond acceptors (Lipinski definition) is 11. The Hall–Kier alpha value is -2.83. The predicted octanol–water partition coefficient (Wildman–Crippen LogP) is 2.92. The van der Waals surface area contributed by atoms with E-state index >= 15 is 0 Å². The maximum Gasteiger partial charge on any atom is 0.408 e. The number of nitrogens with zero attached hydrogens (tertiary/aromatic N) is 3. The van der Waals surface area contributed by atoms with Gasteiger partial charge in [-0.05, 0) is 68.4 Å². The van der Waals surface area contributed by atoms with Gasteiger partial charge in [-0.25, -0.2) is 23.2 Å². The van der Waals surface area contributed by atoms with Crippen LogP contribution in [0.25, 0.3) is 11.0 Å². The van der Waals surface area contributed by atoms with E-state index in [9.17, 15) is 27.6 Å². The van der Waals surface area contributed by atoms with Crippen molar-refractivity contribution in [1.82, 2.24) is 30.2 Å². The van der Waals surface area contributed by atoms with Crippen molar-refractivity contribution in [1.29, 1.82) is 0 Å². The summed E-state index contributed by atoms with van der Waals surface area (Å²) in [7, 11) is -2.33. The van der Waals surface area contributed by atoms with E-state index in [1.54, 1.807) is 13.2 Å². The average molecular weight is 806 g/mol. The van der Waals surface area contributed by atoms with Crippen LogP contribution in [0.2, 0.25) is 0 Å². The van der Waals surface area contributed by atoms with Crippen LogP contribution in [-0.4, -0.2) is 147 Å². The second-order valence-corrected chi connectivity index (χ2v) is 18.4. The molecule has 2 aliphatic heterocycles. The third-order valence-electron chi connectivity index (χ3n) is 11.3. The van der Waals surface area contributed by atoms with Crippen LogP contribution < -0.4 is 24.8 Å². The van der Waals surface area contributed by atoms with Gasteiger partial charge in [0.15, 0.2) is 0 Å². The number of nitrogens with one attached hydrogen (secondary N) is 3. The summed E-state index contributed by atoms with van der Waals surface area (Å²) in [5, 5.41) is 4.96. The second kappa shape index (κ2) is 16.2. The minimum Gasteiger partial charge on any atom is -0.497 e. The minimum atomic E-state index is -3.90. The summed E-state index contributed by atoms with van der Waals surface area (Å²) in [6, 6.07) is 3.20. The molecule has 17 heteroatoms. The van der Waals surface area contributed by atoms with Crippen LogP contribution in [0, 0.1) is 17.3 Å². The smallest absolute Gasteiger partial charge is 0.408 e. The van der Waals surface area contributed by atoms with E-state index in [1.807, 2.05) is 32.9 Å².